The molecule has 0 saturated heterocycles. The number of para-hydroxylation sites is 3. The molecule has 0 fully saturated rings. The van der Waals surface area contributed by atoms with Gasteiger partial charge in [-0.3, -0.25) is 4.79 Å². The fraction of sp³-hybridized carbons (Fsp3) is 0.160. The predicted octanol–water partition coefficient (Wildman–Crippen LogP) is 5.44. The molecule has 1 aliphatic heterocycles. The zero-order valence-corrected chi connectivity index (χ0v) is 18.0. The quantitative estimate of drug-likeness (QED) is 0.340. The molecule has 1 aromatic heterocycles. The molecule has 1 N–H and O–H groups in total. The molecular formula is C25H22N4OS. The minimum Gasteiger partial charge on any atom is -0.340 e. The largest absolute Gasteiger partial charge is 0.340 e. The second-order valence-electron chi connectivity index (χ2n) is 7.60. The zero-order valence-electron chi connectivity index (χ0n) is 17.2. The molecule has 0 radical (unpaired) electrons. The van der Waals surface area contributed by atoms with Crippen molar-refractivity contribution in [2.75, 3.05) is 16.0 Å². The van der Waals surface area contributed by atoms with Gasteiger partial charge in [-0.25, -0.2) is 9.97 Å². The topological polar surface area (TPSA) is 58.1 Å². The van der Waals surface area contributed by atoms with Gasteiger partial charge < -0.3 is 10.2 Å². The highest BCUT2D eigenvalue weighted by Crippen LogP contribution is 2.33. The Kier molecular flexibility index (Phi) is 5.30. The van der Waals surface area contributed by atoms with Crippen molar-refractivity contribution >= 4 is 45.8 Å². The van der Waals surface area contributed by atoms with E-state index in [9.17, 15) is 4.79 Å². The molecule has 1 amide bonds. The maximum absolute atomic E-state index is 13.1. The first-order valence-corrected chi connectivity index (χ1v) is 11.3. The Morgan fingerprint density at radius 1 is 1.00 bits per heavy atom. The lowest BCUT2D eigenvalue weighted by atomic mass is 10.1. The van der Waals surface area contributed by atoms with E-state index in [1.54, 1.807) is 0 Å². The molecule has 4 aromatic rings. The highest BCUT2D eigenvalue weighted by molar-refractivity contribution is 7.99. The van der Waals surface area contributed by atoms with Crippen molar-refractivity contribution in [3.63, 3.8) is 0 Å². The summed E-state index contributed by atoms with van der Waals surface area (Å²) in [5, 5.41) is 4.93. The van der Waals surface area contributed by atoms with Gasteiger partial charge in [-0.1, -0.05) is 60.3 Å². The van der Waals surface area contributed by atoms with Crippen molar-refractivity contribution in [2.24, 2.45) is 0 Å². The summed E-state index contributed by atoms with van der Waals surface area (Å²) in [7, 11) is 0. The first-order chi connectivity index (χ1) is 15.2. The highest BCUT2D eigenvalue weighted by Gasteiger charge is 2.30. The number of anilines is 3. The van der Waals surface area contributed by atoms with Crippen LogP contribution in [0.1, 0.15) is 12.5 Å². The first kappa shape index (κ1) is 19.6. The van der Waals surface area contributed by atoms with Gasteiger partial charge in [-0.2, -0.15) is 0 Å². The van der Waals surface area contributed by atoms with Crippen molar-refractivity contribution in [3.8, 4) is 0 Å². The molecule has 154 valence electrons. The second kappa shape index (κ2) is 8.40. The lowest BCUT2D eigenvalue weighted by molar-refractivity contribution is -0.116. The second-order valence-corrected chi connectivity index (χ2v) is 8.54. The molecule has 0 bridgehead atoms. The molecule has 5 rings (SSSR count). The van der Waals surface area contributed by atoms with Crippen LogP contribution in [0.2, 0.25) is 0 Å². The maximum Gasteiger partial charge on any atom is 0.237 e. The Hall–Kier alpha value is -3.38. The SMILES string of the molecule is CC1Cc2ccccc2N1C(=O)CSc1nc(Nc2ccccc2)c2ccccc2n1. The number of nitrogens with one attached hydrogen (secondary N) is 1. The summed E-state index contributed by atoms with van der Waals surface area (Å²) >= 11 is 1.38. The fourth-order valence-corrected chi connectivity index (χ4v) is 4.73. The minimum atomic E-state index is 0.0803. The number of aromatic nitrogens is 2. The summed E-state index contributed by atoms with van der Waals surface area (Å²) in [4.78, 5) is 24.4. The third-order valence-corrected chi connectivity index (χ3v) is 6.25. The van der Waals surface area contributed by atoms with Gasteiger partial charge >= 0.3 is 0 Å². The molecule has 1 aliphatic rings. The van der Waals surface area contributed by atoms with Crippen LogP contribution in [0, 0.1) is 0 Å². The molecule has 5 nitrogen and oxygen atoms in total. The van der Waals surface area contributed by atoms with E-state index in [1.165, 1.54) is 17.3 Å². The summed E-state index contributed by atoms with van der Waals surface area (Å²) < 4.78 is 0. The Morgan fingerprint density at radius 2 is 1.74 bits per heavy atom. The average molecular weight is 427 g/mol. The maximum atomic E-state index is 13.1. The fourth-order valence-electron chi connectivity index (χ4n) is 4.01. The number of rotatable bonds is 5. The van der Waals surface area contributed by atoms with Crippen LogP contribution in [0.4, 0.5) is 17.2 Å². The number of hydrogen-bond acceptors (Lipinski definition) is 5. The van der Waals surface area contributed by atoms with Gasteiger partial charge in [0.15, 0.2) is 5.16 Å². The molecule has 31 heavy (non-hydrogen) atoms. The molecule has 6 heteroatoms. The summed E-state index contributed by atoms with van der Waals surface area (Å²) in [5.74, 6) is 1.12. The summed E-state index contributed by atoms with van der Waals surface area (Å²) in [6.07, 6.45) is 0.893. The predicted molar refractivity (Wildman–Crippen MR) is 127 cm³/mol. The lowest BCUT2D eigenvalue weighted by Crippen LogP contribution is -2.37. The van der Waals surface area contributed by atoms with E-state index in [1.807, 2.05) is 77.7 Å². The summed E-state index contributed by atoms with van der Waals surface area (Å²) in [6.45, 7) is 2.09. The monoisotopic (exact) mass is 426 g/mol. The molecule has 0 aliphatic carbocycles. The van der Waals surface area contributed by atoms with Crippen LogP contribution in [0.5, 0.6) is 0 Å². The molecule has 2 heterocycles. The van der Waals surface area contributed by atoms with E-state index < -0.39 is 0 Å². The Bertz CT molecular complexity index is 1240. The van der Waals surface area contributed by atoms with Crippen molar-refractivity contribution in [2.45, 2.75) is 24.5 Å². The third-order valence-electron chi connectivity index (χ3n) is 5.42. The number of thioether (sulfide) groups is 1. The summed E-state index contributed by atoms with van der Waals surface area (Å²) in [5.41, 5.74) is 4.06. The van der Waals surface area contributed by atoms with Crippen LogP contribution >= 0.6 is 11.8 Å². The van der Waals surface area contributed by atoms with Gasteiger partial charge in [-0.15, -0.1) is 0 Å². The van der Waals surface area contributed by atoms with Crippen LogP contribution < -0.4 is 10.2 Å². The van der Waals surface area contributed by atoms with E-state index >= 15 is 0 Å². The smallest absolute Gasteiger partial charge is 0.237 e. The van der Waals surface area contributed by atoms with Crippen molar-refractivity contribution in [1.82, 2.24) is 9.97 Å². The average Bonchev–Trinajstić information content (AvgIpc) is 3.14. The number of nitrogens with zero attached hydrogens (tertiary/aromatic N) is 3. The van der Waals surface area contributed by atoms with Gasteiger partial charge in [0.05, 0.1) is 11.3 Å². The van der Waals surface area contributed by atoms with Crippen LogP contribution in [0.15, 0.2) is 84.0 Å². The molecule has 0 saturated carbocycles. The van der Waals surface area contributed by atoms with Crippen LogP contribution in [-0.2, 0) is 11.2 Å². The zero-order chi connectivity index (χ0) is 21.2. The number of amides is 1. The van der Waals surface area contributed by atoms with Gasteiger partial charge in [0.25, 0.3) is 0 Å². The van der Waals surface area contributed by atoms with Crippen molar-refractivity contribution < 1.29 is 4.79 Å². The number of carbonyl (C=O) groups excluding carboxylic acids is 1. The lowest BCUT2D eigenvalue weighted by Gasteiger charge is -2.22. The number of fused-ring (bicyclic) bond motifs is 2. The third kappa shape index (κ3) is 3.99. The standard InChI is InChI=1S/C25H22N4OS/c1-17-15-18-9-5-8-14-22(18)29(17)23(30)16-31-25-27-21-13-7-6-12-20(21)24(28-25)26-19-10-3-2-4-11-19/h2-14,17H,15-16H2,1H3,(H,26,27,28). The van der Waals surface area contributed by atoms with Crippen molar-refractivity contribution in [1.29, 1.82) is 0 Å². The van der Waals surface area contributed by atoms with Crippen LogP contribution in [0.25, 0.3) is 10.9 Å². The van der Waals surface area contributed by atoms with E-state index in [4.69, 9.17) is 4.98 Å². The minimum absolute atomic E-state index is 0.0803. The van der Waals surface area contributed by atoms with Crippen LogP contribution in [-0.4, -0.2) is 27.7 Å². The molecule has 0 spiro atoms. The Labute approximate surface area is 185 Å². The van der Waals surface area contributed by atoms with Gasteiger partial charge in [-0.05, 0) is 49.2 Å². The Balaban J connectivity index is 1.39. The van der Waals surface area contributed by atoms with Gasteiger partial charge in [0.2, 0.25) is 5.91 Å². The Morgan fingerprint density at radius 3 is 2.61 bits per heavy atom. The van der Waals surface area contributed by atoms with E-state index in [0.717, 1.165) is 34.5 Å². The number of carbonyl (C=O) groups is 1. The molecule has 1 atom stereocenters. The number of hydrogen-bond donors (Lipinski definition) is 1. The van der Waals surface area contributed by atoms with E-state index in [0.29, 0.717) is 10.9 Å². The number of benzene rings is 3. The van der Waals surface area contributed by atoms with Gasteiger partial charge in [0, 0.05) is 22.8 Å². The first-order valence-electron chi connectivity index (χ1n) is 10.3. The van der Waals surface area contributed by atoms with Crippen LogP contribution in [0.3, 0.4) is 0 Å². The summed E-state index contributed by atoms with van der Waals surface area (Å²) in [6, 6.07) is 26.2. The highest BCUT2D eigenvalue weighted by atomic mass is 32.2. The van der Waals surface area contributed by atoms with Gasteiger partial charge in [0.1, 0.15) is 5.82 Å². The molecule has 1 unspecified atom stereocenters. The molecular weight excluding hydrogens is 404 g/mol. The van der Waals surface area contributed by atoms with E-state index in [-0.39, 0.29) is 11.9 Å². The normalized spacial score (nSPS) is 15.1. The molecule has 3 aromatic carbocycles. The van der Waals surface area contributed by atoms with Crippen molar-refractivity contribution in [3.05, 3.63) is 84.4 Å². The van der Waals surface area contributed by atoms with E-state index in [2.05, 4.69) is 23.3 Å².